The van der Waals surface area contributed by atoms with Crippen LogP contribution in [0.5, 0.6) is 0 Å². The average Bonchev–Trinajstić information content (AvgIpc) is 2.30. The molecule has 1 unspecified atom stereocenters. The lowest BCUT2D eigenvalue weighted by Gasteiger charge is -2.09. The Morgan fingerprint density at radius 1 is 1.62 bits per heavy atom. The lowest BCUT2D eigenvalue weighted by Crippen LogP contribution is -2.11. The van der Waals surface area contributed by atoms with E-state index in [9.17, 15) is 14.9 Å². The van der Waals surface area contributed by atoms with Crippen molar-refractivity contribution in [2.45, 2.75) is 5.92 Å². The molecule has 1 atom stereocenters. The predicted molar refractivity (Wildman–Crippen MR) is 58.1 cm³/mol. The molecule has 0 fully saturated rings. The minimum Gasteiger partial charge on any atom is -0.468 e. The molecular formula is C11H11NO4. The molecule has 0 spiro atoms. The summed E-state index contributed by atoms with van der Waals surface area (Å²) in [6, 6.07) is 5.84. The van der Waals surface area contributed by atoms with Gasteiger partial charge in [-0.15, -0.1) is 6.58 Å². The fourth-order valence-corrected chi connectivity index (χ4v) is 1.33. The first-order valence-corrected chi connectivity index (χ1v) is 4.55. The van der Waals surface area contributed by atoms with E-state index in [1.807, 2.05) is 0 Å². The van der Waals surface area contributed by atoms with E-state index in [2.05, 4.69) is 11.3 Å². The van der Waals surface area contributed by atoms with Gasteiger partial charge in [-0.05, 0) is 5.56 Å². The molecule has 0 saturated carbocycles. The molecule has 0 radical (unpaired) electrons. The van der Waals surface area contributed by atoms with E-state index in [-0.39, 0.29) is 5.69 Å². The van der Waals surface area contributed by atoms with E-state index in [4.69, 9.17) is 0 Å². The highest BCUT2D eigenvalue weighted by Crippen LogP contribution is 2.22. The zero-order valence-electron chi connectivity index (χ0n) is 8.75. The van der Waals surface area contributed by atoms with Crippen LogP contribution in [-0.2, 0) is 9.53 Å². The van der Waals surface area contributed by atoms with Gasteiger partial charge >= 0.3 is 5.97 Å². The van der Waals surface area contributed by atoms with Crippen molar-refractivity contribution >= 4 is 11.7 Å². The summed E-state index contributed by atoms with van der Waals surface area (Å²) in [6.45, 7) is 3.51. The minimum atomic E-state index is -0.676. The molecule has 0 aliphatic rings. The van der Waals surface area contributed by atoms with E-state index in [1.165, 1.54) is 31.4 Å². The zero-order chi connectivity index (χ0) is 12.1. The van der Waals surface area contributed by atoms with Crippen LogP contribution in [0.25, 0.3) is 0 Å². The Bertz CT molecular complexity index is 428. The summed E-state index contributed by atoms with van der Waals surface area (Å²) in [6.07, 6.45) is 1.39. The van der Waals surface area contributed by atoms with E-state index < -0.39 is 16.8 Å². The number of methoxy groups -OCH3 is 1. The van der Waals surface area contributed by atoms with Crippen LogP contribution in [0, 0.1) is 10.1 Å². The lowest BCUT2D eigenvalue weighted by atomic mass is 9.99. The van der Waals surface area contributed by atoms with Crippen molar-refractivity contribution in [1.82, 2.24) is 0 Å². The number of ether oxygens (including phenoxy) is 1. The standard InChI is InChI=1S/C11H11NO4/c1-3-10(11(13)16-2)8-5-4-6-9(7-8)12(14)15/h3-7,10H,1H2,2H3. The molecule has 5 nitrogen and oxygen atoms in total. The molecule has 1 aromatic rings. The van der Waals surface area contributed by atoms with Gasteiger partial charge in [0.2, 0.25) is 0 Å². The Balaban J connectivity index is 3.10. The first kappa shape index (κ1) is 11.9. The molecular weight excluding hydrogens is 210 g/mol. The van der Waals surface area contributed by atoms with Crippen molar-refractivity contribution in [3.8, 4) is 0 Å². The Morgan fingerprint density at radius 3 is 2.81 bits per heavy atom. The van der Waals surface area contributed by atoms with Crippen molar-refractivity contribution < 1.29 is 14.5 Å². The van der Waals surface area contributed by atoms with Crippen LogP contribution >= 0.6 is 0 Å². The summed E-state index contributed by atoms with van der Waals surface area (Å²) >= 11 is 0. The molecule has 0 aromatic heterocycles. The maximum atomic E-state index is 11.4. The van der Waals surface area contributed by atoms with Crippen LogP contribution in [0.3, 0.4) is 0 Å². The predicted octanol–water partition coefficient (Wildman–Crippen LogP) is 2.04. The van der Waals surface area contributed by atoms with Gasteiger partial charge in [-0.2, -0.15) is 0 Å². The molecule has 0 aliphatic carbocycles. The summed E-state index contributed by atoms with van der Waals surface area (Å²) in [4.78, 5) is 21.4. The lowest BCUT2D eigenvalue weighted by molar-refractivity contribution is -0.384. The molecule has 0 aliphatic heterocycles. The maximum absolute atomic E-state index is 11.4. The summed E-state index contributed by atoms with van der Waals surface area (Å²) in [5, 5.41) is 10.6. The number of non-ortho nitro benzene ring substituents is 1. The van der Waals surface area contributed by atoms with Gasteiger partial charge in [0.1, 0.15) is 0 Å². The number of hydrogen-bond acceptors (Lipinski definition) is 4. The zero-order valence-corrected chi connectivity index (χ0v) is 8.75. The second kappa shape index (κ2) is 5.06. The number of benzene rings is 1. The highest BCUT2D eigenvalue weighted by molar-refractivity contribution is 5.80. The average molecular weight is 221 g/mol. The fraction of sp³-hybridized carbons (Fsp3) is 0.182. The van der Waals surface area contributed by atoms with Crippen molar-refractivity contribution in [2.24, 2.45) is 0 Å². The molecule has 1 rings (SSSR count). The number of nitrogens with zero attached hydrogens (tertiary/aromatic N) is 1. The van der Waals surface area contributed by atoms with Gasteiger partial charge in [0.05, 0.1) is 18.0 Å². The smallest absolute Gasteiger partial charge is 0.317 e. The van der Waals surface area contributed by atoms with Gasteiger partial charge in [0.25, 0.3) is 5.69 Å². The van der Waals surface area contributed by atoms with E-state index >= 15 is 0 Å². The van der Waals surface area contributed by atoms with Gasteiger partial charge in [-0.25, -0.2) is 0 Å². The second-order valence-electron chi connectivity index (χ2n) is 3.09. The summed E-state index contributed by atoms with van der Waals surface area (Å²) < 4.78 is 4.58. The van der Waals surface area contributed by atoms with Gasteiger partial charge in [-0.3, -0.25) is 14.9 Å². The molecule has 0 heterocycles. The number of esters is 1. The number of rotatable bonds is 4. The Labute approximate surface area is 92.5 Å². The third-order valence-electron chi connectivity index (χ3n) is 2.13. The minimum absolute atomic E-state index is 0.0618. The van der Waals surface area contributed by atoms with Crippen LogP contribution < -0.4 is 0 Å². The Kier molecular flexibility index (Phi) is 3.77. The quantitative estimate of drug-likeness (QED) is 0.337. The Hall–Kier alpha value is -2.17. The van der Waals surface area contributed by atoms with Gasteiger partial charge < -0.3 is 4.74 Å². The number of carbonyl (C=O) groups excluding carboxylic acids is 1. The summed E-state index contributed by atoms with van der Waals surface area (Å²) in [7, 11) is 1.26. The van der Waals surface area contributed by atoms with Crippen LogP contribution in [0.4, 0.5) is 5.69 Å². The molecule has 84 valence electrons. The third kappa shape index (κ3) is 2.44. The number of hydrogen-bond donors (Lipinski definition) is 0. The molecule has 1 aromatic carbocycles. The van der Waals surface area contributed by atoms with Gasteiger partial charge in [-0.1, -0.05) is 18.2 Å². The first-order chi connectivity index (χ1) is 7.60. The number of nitro benzene ring substituents is 1. The number of nitro groups is 1. The second-order valence-corrected chi connectivity index (χ2v) is 3.09. The molecule has 0 N–H and O–H groups in total. The number of carbonyl (C=O) groups is 1. The van der Waals surface area contributed by atoms with Gasteiger partial charge in [0, 0.05) is 12.1 Å². The maximum Gasteiger partial charge on any atom is 0.317 e. The van der Waals surface area contributed by atoms with E-state index in [1.54, 1.807) is 6.07 Å². The topological polar surface area (TPSA) is 69.4 Å². The first-order valence-electron chi connectivity index (χ1n) is 4.55. The van der Waals surface area contributed by atoms with E-state index in [0.717, 1.165) is 0 Å². The molecule has 0 amide bonds. The van der Waals surface area contributed by atoms with Crippen molar-refractivity contribution in [2.75, 3.05) is 7.11 Å². The summed E-state index contributed by atoms with van der Waals surface area (Å²) in [5.74, 6) is -1.17. The fourth-order valence-electron chi connectivity index (χ4n) is 1.33. The van der Waals surface area contributed by atoms with Crippen molar-refractivity contribution in [1.29, 1.82) is 0 Å². The highest BCUT2D eigenvalue weighted by Gasteiger charge is 2.19. The van der Waals surface area contributed by atoms with Crippen LogP contribution in [0.15, 0.2) is 36.9 Å². The highest BCUT2D eigenvalue weighted by atomic mass is 16.6. The normalized spacial score (nSPS) is 11.6. The van der Waals surface area contributed by atoms with Crippen LogP contribution in [0.1, 0.15) is 11.5 Å². The largest absolute Gasteiger partial charge is 0.468 e. The van der Waals surface area contributed by atoms with Crippen LogP contribution in [0.2, 0.25) is 0 Å². The molecule has 5 heteroatoms. The van der Waals surface area contributed by atoms with Gasteiger partial charge in [0.15, 0.2) is 0 Å². The molecule has 0 saturated heterocycles. The molecule has 0 bridgehead atoms. The van der Waals surface area contributed by atoms with Crippen molar-refractivity contribution in [3.05, 3.63) is 52.6 Å². The SMILES string of the molecule is C=CC(C(=O)OC)c1cccc([N+](=O)[O-])c1. The molecule has 16 heavy (non-hydrogen) atoms. The van der Waals surface area contributed by atoms with Crippen molar-refractivity contribution in [3.63, 3.8) is 0 Å². The van der Waals surface area contributed by atoms with Crippen LogP contribution in [-0.4, -0.2) is 18.0 Å². The third-order valence-corrected chi connectivity index (χ3v) is 2.13. The van der Waals surface area contributed by atoms with E-state index in [0.29, 0.717) is 5.56 Å². The summed E-state index contributed by atoms with van der Waals surface area (Å²) in [5.41, 5.74) is 0.435. The Morgan fingerprint density at radius 2 is 2.31 bits per heavy atom. The monoisotopic (exact) mass is 221 g/mol.